The maximum absolute atomic E-state index is 12.1. The number of nitrogens with one attached hydrogen (secondary N) is 1. The van der Waals surface area contributed by atoms with Crippen molar-refractivity contribution < 1.29 is 18.3 Å². The molecule has 0 atom stereocenters. The molecule has 0 bridgehead atoms. The monoisotopic (exact) mass is 395 g/mol. The number of benzene rings is 1. The number of carboxylic acids is 1. The Morgan fingerprint density at radius 3 is 2.41 bits per heavy atom. The van der Waals surface area contributed by atoms with Crippen molar-refractivity contribution in [1.82, 2.24) is 4.90 Å². The van der Waals surface area contributed by atoms with Gasteiger partial charge in [-0.3, -0.25) is 9.62 Å². The second kappa shape index (κ2) is 8.48. The molecule has 3 rings (SSSR count). The van der Waals surface area contributed by atoms with Crippen molar-refractivity contribution in [3.63, 3.8) is 0 Å². The largest absolute Gasteiger partial charge is 0.478 e. The summed E-state index contributed by atoms with van der Waals surface area (Å²) in [5.41, 5.74) is 1.18. The Kier molecular flexibility index (Phi) is 6.26. The van der Waals surface area contributed by atoms with Crippen LogP contribution in [0.4, 0.5) is 11.4 Å². The number of hydrogen-bond donors (Lipinski definition) is 2. The molecule has 27 heavy (non-hydrogen) atoms. The maximum atomic E-state index is 12.1. The second-order valence-corrected chi connectivity index (χ2v) is 9.37. The van der Waals surface area contributed by atoms with Gasteiger partial charge in [-0.2, -0.15) is 0 Å². The lowest BCUT2D eigenvalue weighted by atomic mass is 9.94. The molecule has 2 aliphatic rings. The smallest absolute Gasteiger partial charge is 0.335 e. The Hall–Kier alpha value is -1.80. The Balaban J connectivity index is 1.76. The molecular weight excluding hydrogens is 366 g/mol. The molecule has 150 valence electrons. The SMILES string of the molecule is CCS(=O)(=O)Nc1cc(C(=O)O)ccc1N1CCN(C2CCCCC2)CC1. The summed E-state index contributed by atoms with van der Waals surface area (Å²) in [6.07, 6.45) is 6.51. The van der Waals surface area contributed by atoms with Crippen molar-refractivity contribution in [1.29, 1.82) is 0 Å². The number of anilines is 2. The Labute approximate surface area is 161 Å². The summed E-state index contributed by atoms with van der Waals surface area (Å²) in [4.78, 5) is 16.0. The first kappa shape index (κ1) is 19.9. The van der Waals surface area contributed by atoms with Gasteiger partial charge in [0, 0.05) is 32.2 Å². The summed E-state index contributed by atoms with van der Waals surface area (Å²) in [5.74, 6) is -1.13. The molecule has 1 aliphatic carbocycles. The molecule has 7 nitrogen and oxygen atoms in total. The van der Waals surface area contributed by atoms with Crippen LogP contribution in [-0.4, -0.2) is 62.4 Å². The molecule has 1 saturated heterocycles. The zero-order valence-electron chi connectivity index (χ0n) is 15.9. The van der Waals surface area contributed by atoms with E-state index in [1.54, 1.807) is 13.0 Å². The molecule has 2 fully saturated rings. The van der Waals surface area contributed by atoms with E-state index >= 15 is 0 Å². The molecule has 1 aromatic rings. The average molecular weight is 396 g/mol. The van der Waals surface area contributed by atoms with Gasteiger partial charge in [-0.25, -0.2) is 13.2 Å². The van der Waals surface area contributed by atoms with Gasteiger partial charge < -0.3 is 10.0 Å². The van der Waals surface area contributed by atoms with Crippen LogP contribution in [0.25, 0.3) is 0 Å². The minimum Gasteiger partial charge on any atom is -0.478 e. The van der Waals surface area contributed by atoms with Gasteiger partial charge in [0.2, 0.25) is 10.0 Å². The number of hydrogen-bond acceptors (Lipinski definition) is 5. The van der Waals surface area contributed by atoms with E-state index in [9.17, 15) is 18.3 Å². The van der Waals surface area contributed by atoms with Crippen LogP contribution in [0.1, 0.15) is 49.4 Å². The van der Waals surface area contributed by atoms with Gasteiger partial charge in [0.25, 0.3) is 0 Å². The molecule has 8 heteroatoms. The first-order chi connectivity index (χ1) is 12.9. The number of aromatic carboxylic acids is 1. The Morgan fingerprint density at radius 2 is 1.81 bits per heavy atom. The third kappa shape index (κ3) is 4.93. The van der Waals surface area contributed by atoms with E-state index in [0.29, 0.717) is 11.7 Å². The first-order valence-electron chi connectivity index (χ1n) is 9.76. The molecule has 1 aliphatic heterocycles. The fraction of sp³-hybridized carbons (Fsp3) is 0.632. The quantitative estimate of drug-likeness (QED) is 0.770. The zero-order chi connectivity index (χ0) is 19.4. The van der Waals surface area contributed by atoms with E-state index in [0.717, 1.165) is 31.9 Å². The highest BCUT2D eigenvalue weighted by atomic mass is 32.2. The molecule has 0 spiro atoms. The van der Waals surface area contributed by atoms with Crippen molar-refractivity contribution in [2.45, 2.75) is 45.1 Å². The lowest BCUT2D eigenvalue weighted by molar-refractivity contribution is 0.0697. The Morgan fingerprint density at radius 1 is 1.15 bits per heavy atom. The Bertz CT molecular complexity index is 767. The summed E-state index contributed by atoms with van der Waals surface area (Å²) in [6.45, 7) is 5.08. The first-order valence-corrected chi connectivity index (χ1v) is 11.4. The van der Waals surface area contributed by atoms with Gasteiger partial charge in [-0.05, 0) is 38.0 Å². The lowest BCUT2D eigenvalue weighted by Crippen LogP contribution is -2.51. The van der Waals surface area contributed by atoms with Crippen LogP contribution in [0, 0.1) is 0 Å². The number of carbonyl (C=O) groups is 1. The highest BCUT2D eigenvalue weighted by Gasteiger charge is 2.26. The van der Waals surface area contributed by atoms with Crippen molar-refractivity contribution >= 4 is 27.4 Å². The fourth-order valence-electron chi connectivity index (χ4n) is 4.04. The predicted molar refractivity (Wildman–Crippen MR) is 107 cm³/mol. The van der Waals surface area contributed by atoms with Crippen LogP contribution in [0.15, 0.2) is 18.2 Å². The standard InChI is InChI=1S/C19H29N3O4S/c1-2-27(25,26)20-17-14-15(19(23)24)8-9-18(17)22-12-10-21(11-13-22)16-6-4-3-5-7-16/h8-9,14,16,20H,2-7,10-13H2,1H3,(H,23,24). The van der Waals surface area contributed by atoms with Crippen molar-refractivity contribution in [2.24, 2.45) is 0 Å². The van der Waals surface area contributed by atoms with Crippen molar-refractivity contribution in [3.05, 3.63) is 23.8 Å². The van der Waals surface area contributed by atoms with Crippen LogP contribution >= 0.6 is 0 Å². The van der Waals surface area contributed by atoms with E-state index < -0.39 is 16.0 Å². The van der Waals surface area contributed by atoms with Gasteiger partial charge >= 0.3 is 5.97 Å². The van der Waals surface area contributed by atoms with Crippen LogP contribution < -0.4 is 9.62 Å². The topological polar surface area (TPSA) is 89.9 Å². The van der Waals surface area contributed by atoms with Crippen LogP contribution in [0.3, 0.4) is 0 Å². The highest BCUT2D eigenvalue weighted by molar-refractivity contribution is 7.92. The summed E-state index contributed by atoms with van der Waals surface area (Å²) in [7, 11) is -3.48. The molecule has 1 saturated carbocycles. The van der Waals surface area contributed by atoms with Crippen LogP contribution in [-0.2, 0) is 10.0 Å². The van der Waals surface area contributed by atoms with Gasteiger partial charge in [-0.15, -0.1) is 0 Å². The fourth-order valence-corrected chi connectivity index (χ4v) is 4.68. The normalized spacial score (nSPS) is 19.8. The van der Waals surface area contributed by atoms with Gasteiger partial charge in [0.05, 0.1) is 22.7 Å². The van der Waals surface area contributed by atoms with E-state index in [-0.39, 0.29) is 11.3 Å². The van der Waals surface area contributed by atoms with Crippen LogP contribution in [0.2, 0.25) is 0 Å². The molecule has 0 amide bonds. The molecule has 0 radical (unpaired) electrons. The number of rotatable bonds is 6. The molecule has 0 unspecified atom stereocenters. The molecule has 1 heterocycles. The molecule has 1 aromatic carbocycles. The second-order valence-electron chi connectivity index (χ2n) is 7.36. The summed E-state index contributed by atoms with van der Waals surface area (Å²) in [6, 6.07) is 5.34. The molecule has 2 N–H and O–H groups in total. The predicted octanol–water partition coefficient (Wildman–Crippen LogP) is 2.60. The molecule has 0 aromatic heterocycles. The summed E-state index contributed by atoms with van der Waals surface area (Å²) >= 11 is 0. The van der Waals surface area contributed by atoms with Crippen LogP contribution in [0.5, 0.6) is 0 Å². The zero-order valence-corrected chi connectivity index (χ0v) is 16.7. The highest BCUT2D eigenvalue weighted by Crippen LogP contribution is 2.31. The third-order valence-electron chi connectivity index (χ3n) is 5.64. The minimum atomic E-state index is -3.48. The van der Waals surface area contributed by atoms with E-state index in [1.165, 1.54) is 44.2 Å². The van der Waals surface area contributed by atoms with Gasteiger partial charge in [0.15, 0.2) is 0 Å². The van der Waals surface area contributed by atoms with Crippen molar-refractivity contribution in [3.8, 4) is 0 Å². The molecular formula is C19H29N3O4S. The third-order valence-corrected chi connectivity index (χ3v) is 6.93. The lowest BCUT2D eigenvalue weighted by Gasteiger charge is -2.42. The minimum absolute atomic E-state index is 0.0564. The maximum Gasteiger partial charge on any atom is 0.335 e. The summed E-state index contributed by atoms with van der Waals surface area (Å²) in [5, 5.41) is 9.25. The van der Waals surface area contributed by atoms with E-state index in [2.05, 4.69) is 14.5 Å². The van der Waals surface area contributed by atoms with Crippen molar-refractivity contribution in [2.75, 3.05) is 41.6 Å². The number of carboxylic acid groups (broad SMARTS) is 1. The number of sulfonamides is 1. The number of nitrogens with zero attached hydrogens (tertiary/aromatic N) is 2. The van der Waals surface area contributed by atoms with E-state index in [1.807, 2.05) is 0 Å². The number of piperazine rings is 1. The average Bonchev–Trinajstić information content (AvgIpc) is 2.68. The van der Waals surface area contributed by atoms with Gasteiger partial charge in [-0.1, -0.05) is 19.3 Å². The van der Waals surface area contributed by atoms with E-state index in [4.69, 9.17) is 0 Å². The summed E-state index contributed by atoms with van der Waals surface area (Å²) < 4.78 is 26.7. The van der Waals surface area contributed by atoms with Gasteiger partial charge in [0.1, 0.15) is 0 Å².